The lowest BCUT2D eigenvalue weighted by Gasteiger charge is -2.32. The Morgan fingerprint density at radius 2 is 1.87 bits per heavy atom. The summed E-state index contributed by atoms with van der Waals surface area (Å²) in [6.45, 7) is 5.55. The summed E-state index contributed by atoms with van der Waals surface area (Å²) < 4.78 is 11.8. The molecule has 5 rings (SSSR count). The molecule has 3 aromatic carbocycles. The number of oxazole rings is 1. The number of carboxylic acids is 1. The van der Waals surface area contributed by atoms with E-state index in [4.69, 9.17) is 14.4 Å². The van der Waals surface area contributed by atoms with Gasteiger partial charge in [0.2, 0.25) is 11.8 Å². The molecule has 0 saturated carbocycles. The number of ether oxygens (including phenoxy) is 1. The van der Waals surface area contributed by atoms with Crippen LogP contribution in [0.15, 0.2) is 77.2 Å². The fourth-order valence-corrected chi connectivity index (χ4v) is 4.76. The second kappa shape index (κ2) is 10.1. The van der Waals surface area contributed by atoms with Crippen molar-refractivity contribution >= 4 is 17.6 Å². The van der Waals surface area contributed by atoms with Gasteiger partial charge in [0, 0.05) is 17.7 Å². The summed E-state index contributed by atoms with van der Waals surface area (Å²) in [5, 5.41) is 18.8. The van der Waals surface area contributed by atoms with E-state index in [1.165, 1.54) is 4.90 Å². The van der Waals surface area contributed by atoms with Crippen molar-refractivity contribution < 1.29 is 23.8 Å². The first-order valence-electron chi connectivity index (χ1n) is 12.5. The molecule has 1 aromatic heterocycles. The summed E-state index contributed by atoms with van der Waals surface area (Å²) in [5.74, 6) is 0.280. The van der Waals surface area contributed by atoms with Gasteiger partial charge >= 0.3 is 5.97 Å². The van der Waals surface area contributed by atoms with Crippen LogP contribution in [-0.2, 0) is 28.0 Å². The Morgan fingerprint density at radius 3 is 2.59 bits per heavy atom. The molecule has 0 fully saturated rings. The lowest BCUT2D eigenvalue weighted by Crippen LogP contribution is -2.50. The molecule has 0 unspecified atom stereocenters. The molecule has 0 aliphatic carbocycles. The number of nitrogens with zero attached hydrogens (tertiary/aromatic N) is 3. The number of anilines is 1. The predicted octanol–water partition coefficient (Wildman–Crippen LogP) is 5.42. The molecule has 8 heteroatoms. The number of carbonyl (C=O) groups is 2. The van der Waals surface area contributed by atoms with Gasteiger partial charge in [-0.05, 0) is 74.4 Å². The van der Waals surface area contributed by atoms with Crippen LogP contribution in [0.2, 0.25) is 0 Å². The van der Waals surface area contributed by atoms with E-state index in [0.29, 0.717) is 39.9 Å². The van der Waals surface area contributed by atoms with E-state index in [1.807, 2.05) is 37.3 Å². The van der Waals surface area contributed by atoms with E-state index in [-0.39, 0.29) is 18.9 Å². The van der Waals surface area contributed by atoms with E-state index in [0.717, 1.165) is 11.1 Å². The minimum atomic E-state index is -1.03. The monoisotopic (exact) mass is 521 g/mol. The number of amides is 1. The molecule has 196 valence electrons. The lowest BCUT2D eigenvalue weighted by atomic mass is 9.82. The van der Waals surface area contributed by atoms with Crippen molar-refractivity contribution in [2.75, 3.05) is 4.90 Å². The minimum absolute atomic E-state index is 0.157. The molecule has 1 atom stereocenters. The van der Waals surface area contributed by atoms with Crippen molar-refractivity contribution in [2.24, 2.45) is 0 Å². The zero-order chi connectivity index (χ0) is 27.7. The summed E-state index contributed by atoms with van der Waals surface area (Å²) >= 11 is 0. The molecule has 0 spiro atoms. The van der Waals surface area contributed by atoms with E-state index in [2.05, 4.69) is 11.1 Å². The average molecular weight is 522 g/mol. The maximum absolute atomic E-state index is 13.8. The summed E-state index contributed by atoms with van der Waals surface area (Å²) in [5.41, 5.74) is 3.11. The Kier molecular flexibility index (Phi) is 6.67. The van der Waals surface area contributed by atoms with Crippen LogP contribution in [-0.4, -0.2) is 28.0 Å². The number of nitriles is 1. The largest absolute Gasteiger partial charge is 0.487 e. The van der Waals surface area contributed by atoms with Gasteiger partial charge in [-0.2, -0.15) is 5.26 Å². The van der Waals surface area contributed by atoms with Crippen molar-refractivity contribution in [2.45, 2.75) is 45.3 Å². The van der Waals surface area contributed by atoms with E-state index < -0.39 is 17.4 Å². The first kappa shape index (κ1) is 25.7. The molecule has 1 aliphatic rings. The molecular formula is C31H27N3O5. The molecule has 4 aromatic rings. The fourth-order valence-electron chi connectivity index (χ4n) is 4.76. The maximum atomic E-state index is 13.8. The Hall–Kier alpha value is -4.90. The second-order valence-electron chi connectivity index (χ2n) is 10.0. The normalized spacial score (nSPS) is 14.5. The van der Waals surface area contributed by atoms with Crippen LogP contribution in [0.3, 0.4) is 0 Å². The Balaban J connectivity index is 1.35. The first-order valence-corrected chi connectivity index (χ1v) is 12.5. The number of fused-ring (bicyclic) bond motifs is 1. The Bertz CT molecular complexity index is 1600. The molecule has 0 radical (unpaired) electrons. The van der Waals surface area contributed by atoms with Gasteiger partial charge in [0.05, 0.1) is 17.0 Å². The summed E-state index contributed by atoms with van der Waals surface area (Å²) in [4.78, 5) is 31.8. The molecule has 1 N–H and O–H groups in total. The highest BCUT2D eigenvalue weighted by Crippen LogP contribution is 2.38. The van der Waals surface area contributed by atoms with Crippen molar-refractivity contribution in [3.8, 4) is 23.3 Å². The number of aliphatic carboxylic acids is 1. The van der Waals surface area contributed by atoms with Crippen molar-refractivity contribution in [1.29, 1.82) is 5.26 Å². The van der Waals surface area contributed by atoms with Gasteiger partial charge in [-0.25, -0.2) is 9.78 Å². The molecule has 0 saturated heterocycles. The number of rotatable bonds is 7. The van der Waals surface area contributed by atoms with Gasteiger partial charge in [-0.3, -0.25) is 9.69 Å². The van der Waals surface area contributed by atoms with Gasteiger partial charge in [-0.1, -0.05) is 30.3 Å². The standard InChI is InChI=1S/C31H27N3O5/c1-19-25(33-28(39-19)21-13-11-20(17-32)12-14-21)18-38-24-9-6-8-23(16-24)31(2,3)30(37)34-26-10-5-4-7-22(26)15-27(34)29(35)36/h4-14,16,27H,15,18H2,1-3H3,(H,35,36)/t27-/m1/s1. The highest BCUT2D eigenvalue weighted by Gasteiger charge is 2.44. The summed E-state index contributed by atoms with van der Waals surface area (Å²) in [6.07, 6.45) is 0.276. The number of aromatic nitrogens is 1. The highest BCUT2D eigenvalue weighted by atomic mass is 16.5. The van der Waals surface area contributed by atoms with Gasteiger partial charge in [0.25, 0.3) is 0 Å². The quantitative estimate of drug-likeness (QED) is 0.345. The molecular weight excluding hydrogens is 494 g/mol. The maximum Gasteiger partial charge on any atom is 0.327 e. The van der Waals surface area contributed by atoms with Crippen LogP contribution < -0.4 is 9.64 Å². The Morgan fingerprint density at radius 1 is 1.13 bits per heavy atom. The van der Waals surface area contributed by atoms with E-state index in [9.17, 15) is 14.7 Å². The summed E-state index contributed by atoms with van der Waals surface area (Å²) in [6, 6.07) is 22.7. The number of benzene rings is 3. The van der Waals surface area contributed by atoms with Crippen molar-refractivity contribution in [3.05, 3.63) is 101 Å². The van der Waals surface area contributed by atoms with E-state index in [1.54, 1.807) is 56.3 Å². The van der Waals surface area contributed by atoms with Crippen LogP contribution in [0, 0.1) is 18.3 Å². The number of carboxylic acid groups (broad SMARTS) is 1. The van der Waals surface area contributed by atoms with Crippen LogP contribution >= 0.6 is 0 Å². The molecule has 39 heavy (non-hydrogen) atoms. The lowest BCUT2D eigenvalue weighted by molar-refractivity contribution is -0.140. The molecule has 8 nitrogen and oxygen atoms in total. The predicted molar refractivity (Wildman–Crippen MR) is 144 cm³/mol. The zero-order valence-corrected chi connectivity index (χ0v) is 21.8. The number of hydrogen-bond acceptors (Lipinski definition) is 6. The van der Waals surface area contributed by atoms with Crippen molar-refractivity contribution in [3.63, 3.8) is 0 Å². The third-order valence-electron chi connectivity index (χ3n) is 7.10. The topological polar surface area (TPSA) is 117 Å². The molecule has 0 bridgehead atoms. The number of aryl methyl sites for hydroxylation is 1. The third-order valence-corrected chi connectivity index (χ3v) is 7.10. The highest BCUT2D eigenvalue weighted by molar-refractivity contribution is 6.06. The van der Waals surface area contributed by atoms with Gasteiger partial charge in [0.15, 0.2) is 0 Å². The van der Waals surface area contributed by atoms with E-state index >= 15 is 0 Å². The number of hydrogen-bond donors (Lipinski definition) is 1. The Labute approximate surface area is 226 Å². The fraction of sp³-hybridized carbons (Fsp3) is 0.226. The summed E-state index contributed by atoms with van der Waals surface area (Å²) in [7, 11) is 0. The first-order chi connectivity index (χ1) is 18.7. The van der Waals surface area contributed by atoms with Crippen LogP contribution in [0.5, 0.6) is 5.75 Å². The molecule has 1 amide bonds. The second-order valence-corrected chi connectivity index (χ2v) is 10.0. The van der Waals surface area contributed by atoms with Gasteiger partial charge < -0.3 is 14.3 Å². The number of para-hydroxylation sites is 1. The smallest absolute Gasteiger partial charge is 0.327 e. The third kappa shape index (κ3) is 4.87. The zero-order valence-electron chi connectivity index (χ0n) is 21.8. The van der Waals surface area contributed by atoms with Crippen molar-refractivity contribution in [1.82, 2.24) is 4.98 Å². The molecule has 2 heterocycles. The van der Waals surface area contributed by atoms with Crippen LogP contribution in [0.25, 0.3) is 11.5 Å². The average Bonchev–Trinajstić information content (AvgIpc) is 3.52. The van der Waals surface area contributed by atoms with Crippen LogP contribution in [0.4, 0.5) is 5.69 Å². The van der Waals surface area contributed by atoms with Gasteiger partial charge in [-0.15, -0.1) is 0 Å². The minimum Gasteiger partial charge on any atom is -0.487 e. The number of carbonyl (C=O) groups excluding carboxylic acids is 1. The molecule has 1 aliphatic heterocycles. The van der Waals surface area contributed by atoms with Crippen LogP contribution in [0.1, 0.15) is 42.0 Å². The van der Waals surface area contributed by atoms with Gasteiger partial charge in [0.1, 0.15) is 29.9 Å². The SMILES string of the molecule is Cc1oc(-c2ccc(C#N)cc2)nc1COc1cccc(C(C)(C)C(=O)N2c3ccccc3C[C@@H]2C(=O)O)c1.